The quantitative estimate of drug-likeness (QED) is 0.720. The van der Waals surface area contributed by atoms with Gasteiger partial charge in [-0.05, 0) is 20.8 Å². The second-order valence-corrected chi connectivity index (χ2v) is 4.97. The number of rotatable bonds is 6. The number of piperazine rings is 1. The lowest BCUT2D eigenvalue weighted by Crippen LogP contribution is -2.51. The SMILES string of the molecule is CCNC(=O)CN1CCN(C(=O)COC(C)C)CC1. The van der Waals surface area contributed by atoms with Crippen LogP contribution >= 0.6 is 0 Å². The Morgan fingerprint density at radius 2 is 1.84 bits per heavy atom. The fraction of sp³-hybridized carbons (Fsp3) is 0.846. The van der Waals surface area contributed by atoms with E-state index in [0.29, 0.717) is 26.2 Å². The van der Waals surface area contributed by atoms with Crippen LogP contribution in [0.3, 0.4) is 0 Å². The molecule has 1 aliphatic rings. The summed E-state index contributed by atoms with van der Waals surface area (Å²) in [4.78, 5) is 27.2. The van der Waals surface area contributed by atoms with E-state index >= 15 is 0 Å². The van der Waals surface area contributed by atoms with Gasteiger partial charge >= 0.3 is 0 Å². The van der Waals surface area contributed by atoms with Crippen LogP contribution in [0.25, 0.3) is 0 Å². The summed E-state index contributed by atoms with van der Waals surface area (Å²) in [5.74, 6) is 0.0803. The second-order valence-electron chi connectivity index (χ2n) is 4.97. The second kappa shape index (κ2) is 8.12. The number of carbonyl (C=O) groups excluding carboxylic acids is 2. The van der Waals surface area contributed by atoms with Crippen molar-refractivity contribution in [2.75, 3.05) is 45.9 Å². The number of carbonyl (C=O) groups is 2. The van der Waals surface area contributed by atoms with Crippen molar-refractivity contribution < 1.29 is 14.3 Å². The third-order valence-corrected chi connectivity index (χ3v) is 3.01. The number of hydrogen-bond donors (Lipinski definition) is 1. The highest BCUT2D eigenvalue weighted by molar-refractivity contribution is 5.78. The van der Waals surface area contributed by atoms with Crippen LogP contribution in [0.2, 0.25) is 0 Å². The van der Waals surface area contributed by atoms with Gasteiger partial charge in [-0.3, -0.25) is 14.5 Å². The van der Waals surface area contributed by atoms with Gasteiger partial charge in [0.2, 0.25) is 11.8 Å². The van der Waals surface area contributed by atoms with E-state index in [9.17, 15) is 9.59 Å². The predicted molar refractivity (Wildman–Crippen MR) is 72.8 cm³/mol. The van der Waals surface area contributed by atoms with E-state index < -0.39 is 0 Å². The Labute approximate surface area is 115 Å². The molecule has 0 aliphatic carbocycles. The molecular formula is C13H25N3O3. The van der Waals surface area contributed by atoms with E-state index in [-0.39, 0.29) is 24.5 Å². The van der Waals surface area contributed by atoms with E-state index in [2.05, 4.69) is 10.2 Å². The van der Waals surface area contributed by atoms with Crippen LogP contribution in [0, 0.1) is 0 Å². The van der Waals surface area contributed by atoms with Crippen molar-refractivity contribution in [1.82, 2.24) is 15.1 Å². The summed E-state index contributed by atoms with van der Waals surface area (Å²) in [5, 5.41) is 2.78. The molecule has 0 spiro atoms. The molecule has 0 aromatic carbocycles. The molecule has 1 fully saturated rings. The number of likely N-dealkylation sites (N-methyl/N-ethyl adjacent to an activating group) is 1. The largest absolute Gasteiger partial charge is 0.369 e. The van der Waals surface area contributed by atoms with Gasteiger partial charge in [-0.25, -0.2) is 0 Å². The smallest absolute Gasteiger partial charge is 0.248 e. The van der Waals surface area contributed by atoms with E-state index in [1.807, 2.05) is 20.8 Å². The van der Waals surface area contributed by atoms with Crippen molar-refractivity contribution in [1.29, 1.82) is 0 Å². The summed E-state index contributed by atoms with van der Waals surface area (Å²) >= 11 is 0. The molecule has 0 unspecified atom stereocenters. The number of ether oxygens (including phenoxy) is 1. The maximum atomic E-state index is 11.8. The maximum absolute atomic E-state index is 11.8. The summed E-state index contributed by atoms with van der Waals surface area (Å²) < 4.78 is 5.31. The van der Waals surface area contributed by atoms with Crippen molar-refractivity contribution in [3.8, 4) is 0 Å². The van der Waals surface area contributed by atoms with Crippen molar-refractivity contribution in [2.45, 2.75) is 26.9 Å². The first-order valence-electron chi connectivity index (χ1n) is 6.91. The predicted octanol–water partition coefficient (Wildman–Crippen LogP) is -0.308. The summed E-state index contributed by atoms with van der Waals surface area (Å²) in [6.45, 7) is 9.77. The van der Waals surface area contributed by atoms with Gasteiger partial charge in [-0.2, -0.15) is 0 Å². The number of hydrogen-bond acceptors (Lipinski definition) is 4. The lowest BCUT2D eigenvalue weighted by molar-refractivity contribution is -0.139. The third-order valence-electron chi connectivity index (χ3n) is 3.01. The molecule has 2 amide bonds. The van der Waals surface area contributed by atoms with Crippen LogP contribution in [-0.4, -0.2) is 73.6 Å². The van der Waals surface area contributed by atoms with Crippen LogP contribution in [0.4, 0.5) is 0 Å². The third kappa shape index (κ3) is 6.02. The Balaban J connectivity index is 2.24. The monoisotopic (exact) mass is 271 g/mol. The summed E-state index contributed by atoms with van der Waals surface area (Å²) in [6.07, 6.45) is 0.0722. The molecule has 1 saturated heterocycles. The Hall–Kier alpha value is -1.14. The van der Waals surface area contributed by atoms with E-state index in [4.69, 9.17) is 4.74 Å². The molecular weight excluding hydrogens is 246 g/mol. The highest BCUT2D eigenvalue weighted by Crippen LogP contribution is 2.02. The molecule has 1 N–H and O–H groups in total. The lowest BCUT2D eigenvalue weighted by atomic mass is 10.3. The van der Waals surface area contributed by atoms with Gasteiger partial charge in [0.1, 0.15) is 6.61 Å². The Bertz CT molecular complexity index is 300. The molecule has 110 valence electrons. The topological polar surface area (TPSA) is 61.9 Å². The highest BCUT2D eigenvalue weighted by atomic mass is 16.5. The van der Waals surface area contributed by atoms with Crippen LogP contribution < -0.4 is 5.32 Å². The zero-order valence-corrected chi connectivity index (χ0v) is 12.1. The van der Waals surface area contributed by atoms with Gasteiger partial charge < -0.3 is 15.0 Å². The molecule has 0 saturated carbocycles. The molecule has 1 heterocycles. The molecule has 1 aliphatic heterocycles. The number of nitrogens with zero attached hydrogens (tertiary/aromatic N) is 2. The fourth-order valence-electron chi connectivity index (χ4n) is 1.94. The molecule has 6 nitrogen and oxygen atoms in total. The van der Waals surface area contributed by atoms with Crippen molar-refractivity contribution in [2.24, 2.45) is 0 Å². The van der Waals surface area contributed by atoms with Gasteiger partial charge in [-0.15, -0.1) is 0 Å². The normalized spacial score (nSPS) is 16.7. The zero-order chi connectivity index (χ0) is 14.3. The molecule has 0 bridgehead atoms. The minimum Gasteiger partial charge on any atom is -0.369 e. The van der Waals surface area contributed by atoms with Crippen molar-refractivity contribution in [3.63, 3.8) is 0 Å². The molecule has 19 heavy (non-hydrogen) atoms. The Morgan fingerprint density at radius 3 is 2.37 bits per heavy atom. The van der Waals surface area contributed by atoms with Crippen LogP contribution in [-0.2, 0) is 14.3 Å². The molecule has 0 radical (unpaired) electrons. The number of nitrogens with one attached hydrogen (secondary N) is 1. The van der Waals surface area contributed by atoms with Crippen LogP contribution in [0.15, 0.2) is 0 Å². The average molecular weight is 271 g/mol. The van der Waals surface area contributed by atoms with Crippen molar-refractivity contribution in [3.05, 3.63) is 0 Å². The molecule has 6 heteroatoms. The lowest BCUT2D eigenvalue weighted by Gasteiger charge is -2.34. The molecule has 0 aromatic rings. The molecule has 0 atom stereocenters. The average Bonchev–Trinajstić information content (AvgIpc) is 2.37. The minimum atomic E-state index is 0.0337. The molecule has 0 aromatic heterocycles. The maximum Gasteiger partial charge on any atom is 0.248 e. The van der Waals surface area contributed by atoms with Gasteiger partial charge in [0.25, 0.3) is 0 Å². The van der Waals surface area contributed by atoms with E-state index in [0.717, 1.165) is 13.1 Å². The van der Waals surface area contributed by atoms with E-state index in [1.54, 1.807) is 4.90 Å². The summed E-state index contributed by atoms with van der Waals surface area (Å²) in [6, 6.07) is 0. The number of amides is 2. The van der Waals surface area contributed by atoms with E-state index in [1.165, 1.54) is 0 Å². The van der Waals surface area contributed by atoms with Gasteiger partial charge in [0, 0.05) is 32.7 Å². The van der Waals surface area contributed by atoms with Gasteiger partial charge in [0.05, 0.1) is 12.6 Å². The van der Waals surface area contributed by atoms with Crippen LogP contribution in [0.5, 0.6) is 0 Å². The van der Waals surface area contributed by atoms with Gasteiger partial charge in [0.15, 0.2) is 0 Å². The van der Waals surface area contributed by atoms with Gasteiger partial charge in [-0.1, -0.05) is 0 Å². The Kier molecular flexibility index (Phi) is 6.80. The van der Waals surface area contributed by atoms with Crippen molar-refractivity contribution >= 4 is 11.8 Å². The Morgan fingerprint density at radius 1 is 1.21 bits per heavy atom. The minimum absolute atomic E-state index is 0.0337. The molecule has 1 rings (SSSR count). The zero-order valence-electron chi connectivity index (χ0n) is 12.1. The first kappa shape index (κ1) is 15.9. The summed E-state index contributed by atoms with van der Waals surface area (Å²) in [7, 11) is 0. The standard InChI is InChI=1S/C13H25N3O3/c1-4-14-12(17)9-15-5-7-16(8-6-15)13(18)10-19-11(2)3/h11H,4-10H2,1-3H3,(H,14,17). The highest BCUT2D eigenvalue weighted by Gasteiger charge is 2.22. The summed E-state index contributed by atoms with van der Waals surface area (Å²) in [5.41, 5.74) is 0. The first-order chi connectivity index (χ1) is 9.02. The fourth-order valence-corrected chi connectivity index (χ4v) is 1.94. The van der Waals surface area contributed by atoms with Crippen LogP contribution in [0.1, 0.15) is 20.8 Å². The first-order valence-corrected chi connectivity index (χ1v) is 6.91.